The van der Waals surface area contributed by atoms with Crippen LogP contribution in [0.15, 0.2) is 53.7 Å². The minimum absolute atomic E-state index is 0.354. The van der Waals surface area contributed by atoms with Gasteiger partial charge in [0, 0.05) is 28.1 Å². The molecule has 2 nitrogen and oxygen atoms in total. The minimum Gasteiger partial charge on any atom is -0.392 e. The number of benzene rings is 1. The summed E-state index contributed by atoms with van der Waals surface area (Å²) in [6.45, 7) is 0. The molecule has 0 aliphatic carbocycles. The van der Waals surface area contributed by atoms with Crippen LogP contribution in [-0.4, -0.2) is 21.9 Å². The fourth-order valence-electron chi connectivity index (χ4n) is 1.57. The first-order chi connectivity index (χ1) is 8.74. The van der Waals surface area contributed by atoms with Gasteiger partial charge in [-0.1, -0.05) is 11.6 Å². The van der Waals surface area contributed by atoms with E-state index in [1.807, 2.05) is 36.4 Å². The summed E-state index contributed by atoms with van der Waals surface area (Å²) in [5.41, 5.74) is 1.11. The standard InChI is InChI=1S/C14H14ClNOS/c15-12-1-3-14(4-2-12)18-10-13(17)9-11-5-7-16-8-6-11/h1-8,13,17H,9-10H2. The highest BCUT2D eigenvalue weighted by Crippen LogP contribution is 2.21. The van der Waals surface area contributed by atoms with E-state index < -0.39 is 0 Å². The van der Waals surface area contributed by atoms with Crippen molar-refractivity contribution >= 4 is 23.4 Å². The maximum Gasteiger partial charge on any atom is 0.0674 e. The number of thioether (sulfide) groups is 1. The number of aliphatic hydroxyl groups is 1. The van der Waals surface area contributed by atoms with Crippen molar-refractivity contribution in [2.24, 2.45) is 0 Å². The molecule has 0 spiro atoms. The number of aromatic nitrogens is 1. The Morgan fingerprint density at radius 1 is 1.11 bits per heavy atom. The average Bonchev–Trinajstić information content (AvgIpc) is 2.39. The lowest BCUT2D eigenvalue weighted by atomic mass is 10.1. The molecule has 1 N–H and O–H groups in total. The summed E-state index contributed by atoms with van der Waals surface area (Å²) in [6, 6.07) is 11.5. The van der Waals surface area contributed by atoms with E-state index in [1.54, 1.807) is 24.2 Å². The predicted molar refractivity (Wildman–Crippen MR) is 76.1 cm³/mol. The van der Waals surface area contributed by atoms with Crippen molar-refractivity contribution in [1.82, 2.24) is 4.98 Å². The Morgan fingerprint density at radius 3 is 2.44 bits per heavy atom. The third kappa shape index (κ3) is 4.33. The number of hydrogen-bond donors (Lipinski definition) is 1. The van der Waals surface area contributed by atoms with E-state index in [2.05, 4.69) is 4.98 Å². The van der Waals surface area contributed by atoms with Crippen LogP contribution in [0, 0.1) is 0 Å². The molecule has 1 atom stereocenters. The molecular formula is C14H14ClNOS. The van der Waals surface area contributed by atoms with Gasteiger partial charge in [0.1, 0.15) is 0 Å². The van der Waals surface area contributed by atoms with Crippen molar-refractivity contribution in [3.05, 3.63) is 59.4 Å². The molecule has 0 aliphatic heterocycles. The normalized spacial score (nSPS) is 12.3. The Morgan fingerprint density at radius 2 is 1.78 bits per heavy atom. The summed E-state index contributed by atoms with van der Waals surface area (Å²) in [5.74, 6) is 0.671. The van der Waals surface area contributed by atoms with E-state index in [9.17, 15) is 5.11 Å². The second-order valence-corrected chi connectivity index (χ2v) is 5.51. The molecule has 1 aromatic carbocycles. The van der Waals surface area contributed by atoms with E-state index in [0.29, 0.717) is 12.2 Å². The van der Waals surface area contributed by atoms with Crippen LogP contribution < -0.4 is 0 Å². The van der Waals surface area contributed by atoms with Gasteiger partial charge in [0.2, 0.25) is 0 Å². The Hall–Kier alpha value is -1.03. The molecule has 18 heavy (non-hydrogen) atoms. The van der Waals surface area contributed by atoms with Crippen molar-refractivity contribution < 1.29 is 5.11 Å². The van der Waals surface area contributed by atoms with Crippen LogP contribution in [0.1, 0.15) is 5.56 Å². The monoisotopic (exact) mass is 279 g/mol. The van der Waals surface area contributed by atoms with Crippen LogP contribution in [-0.2, 0) is 6.42 Å². The molecule has 0 fully saturated rings. The maximum absolute atomic E-state index is 9.95. The van der Waals surface area contributed by atoms with Gasteiger partial charge in [0.15, 0.2) is 0 Å². The predicted octanol–water partition coefficient (Wildman–Crippen LogP) is 3.43. The van der Waals surface area contributed by atoms with Crippen LogP contribution in [0.2, 0.25) is 5.02 Å². The quantitative estimate of drug-likeness (QED) is 0.851. The molecule has 94 valence electrons. The fourth-order valence-corrected chi connectivity index (χ4v) is 2.53. The molecule has 1 unspecified atom stereocenters. The second kappa shape index (κ2) is 6.78. The summed E-state index contributed by atoms with van der Waals surface area (Å²) >= 11 is 7.45. The summed E-state index contributed by atoms with van der Waals surface area (Å²) < 4.78 is 0. The summed E-state index contributed by atoms with van der Waals surface area (Å²) in [5, 5.41) is 10.7. The Balaban J connectivity index is 1.81. The van der Waals surface area contributed by atoms with Crippen molar-refractivity contribution in [1.29, 1.82) is 0 Å². The van der Waals surface area contributed by atoms with Gasteiger partial charge < -0.3 is 5.11 Å². The summed E-state index contributed by atoms with van der Waals surface area (Å²) in [6.07, 6.45) is 3.79. The number of aliphatic hydroxyl groups excluding tert-OH is 1. The van der Waals surface area contributed by atoms with Gasteiger partial charge in [0.05, 0.1) is 6.10 Å². The molecule has 1 aromatic heterocycles. The molecule has 0 saturated carbocycles. The van der Waals surface area contributed by atoms with E-state index >= 15 is 0 Å². The summed E-state index contributed by atoms with van der Waals surface area (Å²) in [7, 11) is 0. The van der Waals surface area contributed by atoms with Crippen LogP contribution in [0.25, 0.3) is 0 Å². The third-order valence-electron chi connectivity index (χ3n) is 2.48. The van der Waals surface area contributed by atoms with Gasteiger partial charge in [-0.3, -0.25) is 4.98 Å². The first kappa shape index (κ1) is 13.4. The average molecular weight is 280 g/mol. The third-order valence-corrected chi connectivity index (χ3v) is 3.89. The maximum atomic E-state index is 9.95. The van der Waals surface area contributed by atoms with Crippen LogP contribution in [0.4, 0.5) is 0 Å². The van der Waals surface area contributed by atoms with Crippen LogP contribution in [0.3, 0.4) is 0 Å². The van der Waals surface area contributed by atoms with E-state index in [0.717, 1.165) is 15.5 Å². The van der Waals surface area contributed by atoms with Gasteiger partial charge in [-0.15, -0.1) is 11.8 Å². The second-order valence-electron chi connectivity index (χ2n) is 3.98. The van der Waals surface area contributed by atoms with Crippen molar-refractivity contribution in [2.45, 2.75) is 17.4 Å². The largest absolute Gasteiger partial charge is 0.392 e. The Bertz CT molecular complexity index is 475. The van der Waals surface area contributed by atoms with Gasteiger partial charge in [-0.2, -0.15) is 0 Å². The van der Waals surface area contributed by atoms with Gasteiger partial charge in [0.25, 0.3) is 0 Å². The zero-order valence-electron chi connectivity index (χ0n) is 9.79. The van der Waals surface area contributed by atoms with Crippen LogP contribution in [0.5, 0.6) is 0 Å². The highest BCUT2D eigenvalue weighted by Gasteiger charge is 2.06. The van der Waals surface area contributed by atoms with E-state index in [-0.39, 0.29) is 6.10 Å². The zero-order chi connectivity index (χ0) is 12.8. The fraction of sp³-hybridized carbons (Fsp3) is 0.214. The molecule has 2 aromatic rings. The number of halogens is 1. The van der Waals surface area contributed by atoms with E-state index in [4.69, 9.17) is 11.6 Å². The first-order valence-corrected chi connectivity index (χ1v) is 7.06. The number of hydrogen-bond acceptors (Lipinski definition) is 3. The zero-order valence-corrected chi connectivity index (χ0v) is 11.4. The molecule has 4 heteroatoms. The van der Waals surface area contributed by atoms with Crippen molar-refractivity contribution in [3.63, 3.8) is 0 Å². The molecule has 0 saturated heterocycles. The van der Waals surface area contributed by atoms with Gasteiger partial charge >= 0.3 is 0 Å². The molecule has 0 radical (unpaired) electrons. The van der Waals surface area contributed by atoms with Crippen LogP contribution >= 0.6 is 23.4 Å². The topological polar surface area (TPSA) is 33.1 Å². The molecular weight excluding hydrogens is 266 g/mol. The SMILES string of the molecule is OC(CSc1ccc(Cl)cc1)Cc1ccncc1. The lowest BCUT2D eigenvalue weighted by molar-refractivity contribution is 0.200. The number of rotatable bonds is 5. The van der Waals surface area contributed by atoms with Gasteiger partial charge in [-0.05, 0) is 48.4 Å². The molecule has 0 bridgehead atoms. The Kier molecular flexibility index (Phi) is 5.05. The molecule has 0 amide bonds. The summed E-state index contributed by atoms with van der Waals surface area (Å²) in [4.78, 5) is 5.07. The first-order valence-electron chi connectivity index (χ1n) is 5.69. The van der Waals surface area contributed by atoms with Crippen molar-refractivity contribution in [3.8, 4) is 0 Å². The highest BCUT2D eigenvalue weighted by molar-refractivity contribution is 7.99. The lowest BCUT2D eigenvalue weighted by Gasteiger charge is -2.10. The van der Waals surface area contributed by atoms with E-state index in [1.165, 1.54) is 0 Å². The molecule has 2 rings (SSSR count). The number of pyridine rings is 1. The van der Waals surface area contributed by atoms with Gasteiger partial charge in [-0.25, -0.2) is 0 Å². The minimum atomic E-state index is -0.354. The number of nitrogens with zero attached hydrogens (tertiary/aromatic N) is 1. The Labute approximate surface area is 116 Å². The smallest absolute Gasteiger partial charge is 0.0674 e. The highest BCUT2D eigenvalue weighted by atomic mass is 35.5. The lowest BCUT2D eigenvalue weighted by Crippen LogP contribution is -2.13. The molecule has 0 aliphatic rings. The molecule has 1 heterocycles. The van der Waals surface area contributed by atoms with Crippen molar-refractivity contribution in [2.75, 3.05) is 5.75 Å².